The summed E-state index contributed by atoms with van der Waals surface area (Å²) < 4.78 is 0. The summed E-state index contributed by atoms with van der Waals surface area (Å²) in [5.41, 5.74) is 2.17. The highest BCUT2D eigenvalue weighted by Gasteiger charge is 2.21. The topological polar surface area (TPSA) is 54.4 Å². The van der Waals surface area contributed by atoms with Gasteiger partial charge in [-0.05, 0) is 32.3 Å². The van der Waals surface area contributed by atoms with Crippen molar-refractivity contribution in [3.8, 4) is 0 Å². The Hall–Kier alpha value is -1.22. The fourth-order valence-electron chi connectivity index (χ4n) is 2.10. The van der Waals surface area contributed by atoms with Crippen LogP contribution in [0.15, 0.2) is 22.8 Å². The summed E-state index contributed by atoms with van der Waals surface area (Å²) in [6.45, 7) is 5.41. The zero-order chi connectivity index (χ0) is 13.7. The maximum atomic E-state index is 12.1. The Labute approximate surface area is 109 Å². The maximum absolute atomic E-state index is 12.1. The Kier molecular flexibility index (Phi) is 5.48. The van der Waals surface area contributed by atoms with E-state index >= 15 is 0 Å². The van der Waals surface area contributed by atoms with Crippen LogP contribution < -0.4 is 0 Å². The molecule has 0 fully saturated rings. The Morgan fingerprint density at radius 3 is 2.67 bits per heavy atom. The standard InChI is InChI=1S/C15H22O3/c1-10-5-4-6-11(2)14(17)8-13(12(3)9-16)15(18)7-10/h5,11,16H,4,6-9H2,1-3H3. The molecular weight excluding hydrogens is 228 g/mol. The average Bonchev–Trinajstić information content (AvgIpc) is 2.33. The lowest BCUT2D eigenvalue weighted by Crippen LogP contribution is -2.18. The van der Waals surface area contributed by atoms with Gasteiger partial charge >= 0.3 is 0 Å². The molecule has 0 saturated carbocycles. The monoisotopic (exact) mass is 250 g/mol. The van der Waals surface area contributed by atoms with E-state index in [1.54, 1.807) is 6.92 Å². The largest absolute Gasteiger partial charge is 0.392 e. The number of ketones is 2. The van der Waals surface area contributed by atoms with Crippen molar-refractivity contribution < 1.29 is 14.7 Å². The number of hydrogen-bond donors (Lipinski definition) is 1. The van der Waals surface area contributed by atoms with Crippen LogP contribution in [0.1, 0.15) is 46.5 Å². The lowest BCUT2D eigenvalue weighted by molar-refractivity contribution is -0.123. The van der Waals surface area contributed by atoms with Gasteiger partial charge in [0, 0.05) is 24.3 Å². The van der Waals surface area contributed by atoms with Crippen LogP contribution >= 0.6 is 0 Å². The summed E-state index contributed by atoms with van der Waals surface area (Å²) in [6, 6.07) is 0. The first kappa shape index (κ1) is 14.8. The van der Waals surface area contributed by atoms with Gasteiger partial charge in [-0.3, -0.25) is 9.59 Å². The summed E-state index contributed by atoms with van der Waals surface area (Å²) in [4.78, 5) is 24.1. The molecule has 1 rings (SSSR count). The molecule has 0 saturated heterocycles. The van der Waals surface area contributed by atoms with Crippen molar-refractivity contribution in [3.63, 3.8) is 0 Å². The van der Waals surface area contributed by atoms with Crippen LogP contribution in [0.2, 0.25) is 0 Å². The highest BCUT2D eigenvalue weighted by molar-refractivity contribution is 6.02. The van der Waals surface area contributed by atoms with Crippen LogP contribution in [0.5, 0.6) is 0 Å². The third kappa shape index (κ3) is 3.91. The van der Waals surface area contributed by atoms with E-state index in [1.165, 1.54) is 0 Å². The molecule has 3 heteroatoms. The first-order chi connectivity index (χ1) is 8.45. The molecule has 18 heavy (non-hydrogen) atoms. The quantitative estimate of drug-likeness (QED) is 0.575. The van der Waals surface area contributed by atoms with E-state index in [-0.39, 0.29) is 30.5 Å². The van der Waals surface area contributed by atoms with Crippen molar-refractivity contribution in [2.24, 2.45) is 5.92 Å². The molecule has 0 aromatic heterocycles. The van der Waals surface area contributed by atoms with Crippen molar-refractivity contribution in [3.05, 3.63) is 22.8 Å². The van der Waals surface area contributed by atoms with Gasteiger partial charge in [0.2, 0.25) is 0 Å². The minimum atomic E-state index is -0.161. The van der Waals surface area contributed by atoms with Crippen molar-refractivity contribution in [1.29, 1.82) is 0 Å². The molecule has 1 N–H and O–H groups in total. The average molecular weight is 250 g/mol. The van der Waals surface area contributed by atoms with E-state index in [0.717, 1.165) is 18.4 Å². The summed E-state index contributed by atoms with van der Waals surface area (Å²) in [5.74, 6) is 0.0401. The Morgan fingerprint density at radius 1 is 1.39 bits per heavy atom. The van der Waals surface area contributed by atoms with Gasteiger partial charge in [-0.15, -0.1) is 0 Å². The van der Waals surface area contributed by atoms with Gasteiger partial charge in [-0.2, -0.15) is 0 Å². The van der Waals surface area contributed by atoms with E-state index in [9.17, 15) is 14.7 Å². The van der Waals surface area contributed by atoms with Gasteiger partial charge in [-0.25, -0.2) is 0 Å². The van der Waals surface area contributed by atoms with Crippen LogP contribution in [0.25, 0.3) is 0 Å². The number of carbonyl (C=O) groups excluding carboxylic acids is 2. The Balaban J connectivity index is 3.08. The second kappa shape index (κ2) is 6.64. The molecule has 100 valence electrons. The molecule has 1 aliphatic rings. The highest BCUT2D eigenvalue weighted by atomic mass is 16.3. The maximum Gasteiger partial charge on any atom is 0.163 e. The zero-order valence-electron chi connectivity index (χ0n) is 11.5. The van der Waals surface area contributed by atoms with Crippen LogP contribution in [0.3, 0.4) is 0 Å². The summed E-state index contributed by atoms with van der Waals surface area (Å²) in [5, 5.41) is 9.17. The fourth-order valence-corrected chi connectivity index (χ4v) is 2.10. The minimum absolute atomic E-state index is 0.0264. The lowest BCUT2D eigenvalue weighted by Gasteiger charge is -2.15. The minimum Gasteiger partial charge on any atom is -0.392 e. The number of rotatable bonds is 1. The zero-order valence-corrected chi connectivity index (χ0v) is 11.5. The molecule has 3 nitrogen and oxygen atoms in total. The fraction of sp³-hybridized carbons (Fsp3) is 0.600. The molecule has 0 aromatic carbocycles. The predicted octanol–water partition coefficient (Wildman–Crippen LogP) is 2.59. The summed E-state index contributed by atoms with van der Waals surface area (Å²) >= 11 is 0. The molecule has 1 unspecified atom stereocenters. The van der Waals surface area contributed by atoms with E-state index in [4.69, 9.17) is 0 Å². The number of carbonyl (C=O) groups is 2. The van der Waals surface area contributed by atoms with E-state index in [2.05, 4.69) is 0 Å². The Morgan fingerprint density at radius 2 is 2.06 bits per heavy atom. The first-order valence-electron chi connectivity index (χ1n) is 6.46. The third-order valence-electron chi connectivity index (χ3n) is 3.52. The molecule has 0 heterocycles. The van der Waals surface area contributed by atoms with E-state index in [1.807, 2.05) is 19.9 Å². The molecule has 0 bridgehead atoms. The van der Waals surface area contributed by atoms with Gasteiger partial charge in [0.25, 0.3) is 0 Å². The van der Waals surface area contributed by atoms with E-state index < -0.39 is 0 Å². The second-order valence-corrected chi connectivity index (χ2v) is 5.19. The van der Waals surface area contributed by atoms with Crippen molar-refractivity contribution in [2.75, 3.05) is 6.61 Å². The number of allylic oxidation sites excluding steroid dienone is 3. The summed E-state index contributed by atoms with van der Waals surface area (Å²) in [7, 11) is 0. The van der Waals surface area contributed by atoms with E-state index in [0.29, 0.717) is 17.6 Å². The SMILES string of the molecule is CC1=CCCC(C)C(=O)CC(=C(C)CO)C(=O)C1. The predicted molar refractivity (Wildman–Crippen MR) is 71.2 cm³/mol. The van der Waals surface area contributed by atoms with Gasteiger partial charge in [0.15, 0.2) is 5.78 Å². The number of hydrogen-bond acceptors (Lipinski definition) is 3. The highest BCUT2D eigenvalue weighted by Crippen LogP contribution is 2.22. The molecule has 0 spiro atoms. The Bertz CT molecular complexity index is 402. The van der Waals surface area contributed by atoms with Gasteiger partial charge in [0.1, 0.15) is 5.78 Å². The molecule has 1 atom stereocenters. The normalized spacial score (nSPS) is 25.8. The number of aliphatic hydroxyl groups is 1. The number of aliphatic hydroxyl groups excluding tert-OH is 1. The second-order valence-electron chi connectivity index (χ2n) is 5.19. The molecular formula is C15H22O3. The molecule has 0 amide bonds. The lowest BCUT2D eigenvalue weighted by atomic mass is 9.88. The van der Waals surface area contributed by atoms with Crippen molar-refractivity contribution in [1.82, 2.24) is 0 Å². The summed E-state index contributed by atoms with van der Waals surface area (Å²) in [6.07, 6.45) is 4.24. The molecule has 0 aliphatic heterocycles. The first-order valence-corrected chi connectivity index (χ1v) is 6.46. The van der Waals surface area contributed by atoms with Gasteiger partial charge in [-0.1, -0.05) is 18.6 Å². The number of Topliss-reactive ketones (excluding diaryl/α,β-unsaturated/α-hetero) is 2. The van der Waals surface area contributed by atoms with Crippen LogP contribution in [0.4, 0.5) is 0 Å². The third-order valence-corrected chi connectivity index (χ3v) is 3.52. The molecule has 0 radical (unpaired) electrons. The van der Waals surface area contributed by atoms with Crippen LogP contribution in [-0.4, -0.2) is 23.3 Å². The molecule has 1 aliphatic carbocycles. The van der Waals surface area contributed by atoms with Crippen LogP contribution in [0, 0.1) is 5.92 Å². The van der Waals surface area contributed by atoms with Gasteiger partial charge in [0.05, 0.1) is 6.61 Å². The van der Waals surface area contributed by atoms with Crippen molar-refractivity contribution >= 4 is 11.6 Å². The van der Waals surface area contributed by atoms with Crippen LogP contribution in [-0.2, 0) is 9.59 Å². The van der Waals surface area contributed by atoms with Gasteiger partial charge < -0.3 is 5.11 Å². The molecule has 0 aromatic rings. The smallest absolute Gasteiger partial charge is 0.163 e. The van der Waals surface area contributed by atoms with Crippen molar-refractivity contribution in [2.45, 2.75) is 46.5 Å².